The largest absolute Gasteiger partial charge is 0.370 e. The van der Waals surface area contributed by atoms with Gasteiger partial charge in [-0.2, -0.15) is 0 Å². The number of nitrogens with zero attached hydrogens (tertiary/aromatic N) is 1. The Balaban J connectivity index is 0. The molecule has 0 aromatic heterocycles. The van der Waals surface area contributed by atoms with Crippen molar-refractivity contribution in [3.8, 4) is 0 Å². The Morgan fingerprint density at radius 2 is 1.88 bits per heavy atom. The second-order valence-electron chi connectivity index (χ2n) is 0.913. The molecule has 0 rings (SSSR count). The molecule has 0 aromatic rings. The molecule has 0 saturated heterocycles. The predicted molar refractivity (Wildman–Crippen MR) is 38.1 cm³/mol. The first-order valence-electron chi connectivity index (χ1n) is 1.57. The number of aliphatic imine (C=N–C) groups is 1. The number of hydrogen-bond donors (Lipinski definition) is 2. The van der Waals surface area contributed by atoms with Crippen molar-refractivity contribution in [2.24, 2.45) is 16.5 Å². The fraction of sp³-hybridized carbons (Fsp3) is 0. The van der Waals surface area contributed by atoms with E-state index in [1.54, 1.807) is 0 Å². The van der Waals surface area contributed by atoms with Crippen molar-refractivity contribution in [1.82, 2.24) is 0 Å². The molecule has 0 aliphatic heterocycles. The van der Waals surface area contributed by atoms with Crippen LogP contribution in [0.15, 0.2) is 16.7 Å². The summed E-state index contributed by atoms with van der Waals surface area (Å²) in [4.78, 5) is 3.32. The van der Waals surface area contributed by atoms with Crippen LogP contribution in [0.5, 0.6) is 0 Å². The Morgan fingerprint density at radius 3 is 1.88 bits per heavy atom. The van der Waals surface area contributed by atoms with Crippen LogP contribution in [0.4, 0.5) is 0 Å². The van der Waals surface area contributed by atoms with E-state index in [0.717, 1.165) is 0 Å². The summed E-state index contributed by atoms with van der Waals surface area (Å²) < 4.78 is 0. The maximum Gasteiger partial charge on any atom is 0.192 e. The standard InChI is InChI=1S/C3H6ClN3.ClH/c1-2(4)7-3(5)6;/h1H2,(H4,5,6,7);1H. The first kappa shape index (κ1) is 10.5. The molecule has 5 heteroatoms. The van der Waals surface area contributed by atoms with Crippen LogP contribution in [0.2, 0.25) is 0 Å². The third-order valence-corrected chi connectivity index (χ3v) is 0.335. The Morgan fingerprint density at radius 1 is 1.50 bits per heavy atom. The van der Waals surface area contributed by atoms with Crippen molar-refractivity contribution in [3.05, 3.63) is 11.7 Å². The molecule has 0 bridgehead atoms. The van der Waals surface area contributed by atoms with Crippen LogP contribution in [-0.4, -0.2) is 5.96 Å². The molecule has 0 aliphatic carbocycles. The van der Waals surface area contributed by atoms with Gasteiger partial charge in [-0.1, -0.05) is 18.2 Å². The van der Waals surface area contributed by atoms with Gasteiger partial charge in [-0.15, -0.1) is 12.4 Å². The van der Waals surface area contributed by atoms with Crippen LogP contribution >= 0.6 is 24.0 Å². The zero-order chi connectivity index (χ0) is 5.86. The van der Waals surface area contributed by atoms with Gasteiger partial charge in [0.25, 0.3) is 0 Å². The van der Waals surface area contributed by atoms with E-state index in [1.807, 2.05) is 0 Å². The van der Waals surface area contributed by atoms with E-state index in [9.17, 15) is 0 Å². The smallest absolute Gasteiger partial charge is 0.192 e. The van der Waals surface area contributed by atoms with Crippen molar-refractivity contribution >= 4 is 30.0 Å². The van der Waals surface area contributed by atoms with Crippen molar-refractivity contribution in [1.29, 1.82) is 0 Å². The summed E-state index contributed by atoms with van der Waals surface area (Å²) >= 11 is 5.13. The Bertz CT molecular complexity index is 105. The molecule has 48 valence electrons. The second-order valence-corrected chi connectivity index (χ2v) is 1.35. The lowest BCUT2D eigenvalue weighted by atomic mass is 11.0. The SMILES string of the molecule is C=C(Cl)N=C(N)N.Cl. The highest BCUT2D eigenvalue weighted by Gasteiger charge is 1.78. The molecule has 0 aliphatic rings. The fourth-order valence-electron chi connectivity index (χ4n) is 0.140. The lowest BCUT2D eigenvalue weighted by Gasteiger charge is -1.84. The molecular formula is C3H7Cl2N3. The van der Waals surface area contributed by atoms with E-state index in [1.165, 1.54) is 0 Å². The third-order valence-electron chi connectivity index (χ3n) is 0.250. The predicted octanol–water partition coefficient (Wildman–Crippen LogP) is 0.392. The maximum absolute atomic E-state index is 5.13. The van der Waals surface area contributed by atoms with Crippen LogP contribution in [0.1, 0.15) is 0 Å². The Hall–Kier alpha value is -0.410. The second kappa shape index (κ2) is 4.74. The molecule has 0 saturated carbocycles. The van der Waals surface area contributed by atoms with E-state index < -0.39 is 0 Å². The van der Waals surface area contributed by atoms with Crippen molar-refractivity contribution < 1.29 is 0 Å². The highest BCUT2D eigenvalue weighted by Crippen LogP contribution is 1.94. The zero-order valence-electron chi connectivity index (χ0n) is 4.10. The Kier molecular flexibility index (Phi) is 6.25. The van der Waals surface area contributed by atoms with Crippen molar-refractivity contribution in [3.63, 3.8) is 0 Å². The van der Waals surface area contributed by atoms with Gasteiger partial charge in [-0.25, -0.2) is 4.99 Å². The van der Waals surface area contributed by atoms with Gasteiger partial charge in [0.2, 0.25) is 0 Å². The zero-order valence-corrected chi connectivity index (χ0v) is 5.67. The van der Waals surface area contributed by atoms with Crippen LogP contribution < -0.4 is 11.5 Å². The van der Waals surface area contributed by atoms with E-state index >= 15 is 0 Å². The minimum atomic E-state index is -0.0694. The van der Waals surface area contributed by atoms with Crippen LogP contribution in [0, 0.1) is 0 Å². The summed E-state index contributed by atoms with van der Waals surface area (Å²) in [6.45, 7) is 3.21. The number of halogens is 2. The van der Waals surface area contributed by atoms with E-state index in [4.69, 9.17) is 23.1 Å². The highest BCUT2D eigenvalue weighted by atomic mass is 35.5. The maximum atomic E-state index is 5.13. The lowest BCUT2D eigenvalue weighted by molar-refractivity contribution is 1.41. The van der Waals surface area contributed by atoms with Crippen molar-refractivity contribution in [2.75, 3.05) is 0 Å². The van der Waals surface area contributed by atoms with Crippen LogP contribution in [0.3, 0.4) is 0 Å². The summed E-state index contributed by atoms with van der Waals surface area (Å²) in [5.41, 5.74) is 9.75. The molecule has 0 aromatic carbocycles. The van der Waals surface area contributed by atoms with Gasteiger partial charge in [-0.05, 0) is 0 Å². The summed E-state index contributed by atoms with van der Waals surface area (Å²) in [5.74, 6) is -0.0694. The van der Waals surface area contributed by atoms with Gasteiger partial charge in [0.15, 0.2) is 5.96 Å². The van der Waals surface area contributed by atoms with Crippen molar-refractivity contribution in [2.45, 2.75) is 0 Å². The molecule has 0 radical (unpaired) electrons. The topological polar surface area (TPSA) is 64.4 Å². The molecule has 8 heavy (non-hydrogen) atoms. The van der Waals surface area contributed by atoms with Gasteiger partial charge in [0.1, 0.15) is 5.16 Å². The monoisotopic (exact) mass is 155 g/mol. The average molecular weight is 156 g/mol. The number of rotatable bonds is 1. The molecule has 0 unspecified atom stereocenters. The van der Waals surface area contributed by atoms with E-state index in [0.29, 0.717) is 0 Å². The van der Waals surface area contributed by atoms with Gasteiger partial charge < -0.3 is 11.5 Å². The average Bonchev–Trinajstić information content (AvgIpc) is 1.27. The van der Waals surface area contributed by atoms with Gasteiger partial charge >= 0.3 is 0 Å². The molecule has 0 spiro atoms. The first-order chi connectivity index (χ1) is 3.13. The summed E-state index contributed by atoms with van der Waals surface area (Å²) in [5, 5.41) is 0.0972. The summed E-state index contributed by atoms with van der Waals surface area (Å²) in [6.07, 6.45) is 0. The van der Waals surface area contributed by atoms with E-state index in [2.05, 4.69) is 11.6 Å². The third kappa shape index (κ3) is 9.14. The molecule has 0 heterocycles. The number of guanidine groups is 1. The minimum Gasteiger partial charge on any atom is -0.370 e. The first-order valence-corrected chi connectivity index (χ1v) is 1.95. The van der Waals surface area contributed by atoms with Gasteiger partial charge in [0, 0.05) is 0 Å². The van der Waals surface area contributed by atoms with Gasteiger partial charge in [0.05, 0.1) is 0 Å². The quantitative estimate of drug-likeness (QED) is 0.327. The molecule has 0 fully saturated rings. The summed E-state index contributed by atoms with van der Waals surface area (Å²) in [7, 11) is 0. The van der Waals surface area contributed by atoms with Gasteiger partial charge in [-0.3, -0.25) is 0 Å². The van der Waals surface area contributed by atoms with E-state index in [-0.39, 0.29) is 23.5 Å². The molecular weight excluding hydrogens is 149 g/mol. The molecule has 4 N–H and O–H groups in total. The highest BCUT2D eigenvalue weighted by molar-refractivity contribution is 6.29. The number of nitrogens with two attached hydrogens (primary N) is 2. The van der Waals surface area contributed by atoms with Crippen LogP contribution in [0.25, 0.3) is 0 Å². The Labute approximate surface area is 58.8 Å². The molecule has 3 nitrogen and oxygen atoms in total. The van der Waals surface area contributed by atoms with Crippen LogP contribution in [-0.2, 0) is 0 Å². The fourth-order valence-corrected chi connectivity index (χ4v) is 0.238. The molecule has 0 atom stereocenters. The molecule has 0 amide bonds. The number of hydrogen-bond acceptors (Lipinski definition) is 1. The summed E-state index contributed by atoms with van der Waals surface area (Å²) in [6, 6.07) is 0. The lowest BCUT2D eigenvalue weighted by Crippen LogP contribution is -2.22. The minimum absolute atomic E-state index is 0. The normalized spacial score (nSPS) is 6.62.